The number of carboxylic acid groups (broad SMARTS) is 1. The summed E-state index contributed by atoms with van der Waals surface area (Å²) < 4.78 is 14.6. The molecule has 2 aliphatic rings. The molecule has 216 valence electrons. The zero-order valence-corrected chi connectivity index (χ0v) is 29.4. The third kappa shape index (κ3) is 12.0. The van der Waals surface area contributed by atoms with Crippen molar-refractivity contribution in [1.82, 2.24) is 0 Å². The van der Waals surface area contributed by atoms with Crippen molar-refractivity contribution in [3.05, 3.63) is 55.3 Å². The summed E-state index contributed by atoms with van der Waals surface area (Å²) in [5.74, 6) is 3.21. The fourth-order valence-corrected chi connectivity index (χ4v) is 15.2. The number of hydrogen-bond donors (Lipinski definition) is 1. The highest BCUT2D eigenvalue weighted by Gasteiger charge is 2.30. The summed E-state index contributed by atoms with van der Waals surface area (Å²) in [5.41, 5.74) is 0.262. The van der Waals surface area contributed by atoms with E-state index in [1.807, 2.05) is 76.6 Å². The number of benzene rings is 1. The van der Waals surface area contributed by atoms with Crippen molar-refractivity contribution in [3.8, 4) is 5.75 Å². The number of aromatic carboxylic acids is 1. The van der Waals surface area contributed by atoms with Gasteiger partial charge in [0.2, 0.25) is 0 Å². The van der Waals surface area contributed by atoms with Crippen LogP contribution in [0.1, 0.15) is 75.6 Å². The molecular weight excluding hydrogens is 641 g/mol. The summed E-state index contributed by atoms with van der Waals surface area (Å²) in [5, 5.41) is 9.14. The highest BCUT2D eigenvalue weighted by atomic mass is 32.3. The first-order valence-corrected chi connectivity index (χ1v) is 20.8. The second-order valence-electron chi connectivity index (χ2n) is 8.69. The Morgan fingerprint density at radius 3 is 1.79 bits per heavy atom. The molecule has 0 saturated carbocycles. The smallest absolute Gasteiger partial charge is 0.335 e. The Morgan fingerprint density at radius 1 is 0.769 bits per heavy atom. The number of carboxylic acids is 1. The van der Waals surface area contributed by atoms with E-state index in [9.17, 15) is 4.79 Å². The summed E-state index contributed by atoms with van der Waals surface area (Å²) in [4.78, 5) is 11.1. The molecule has 1 aromatic rings. The van der Waals surface area contributed by atoms with E-state index in [0.717, 1.165) is 18.6 Å². The number of rotatable bonds is 19. The zero-order valence-electron chi connectivity index (χ0n) is 22.8. The summed E-state index contributed by atoms with van der Waals surface area (Å²) in [6, 6.07) is 6.72. The van der Waals surface area contributed by atoms with Crippen LogP contribution in [0.25, 0.3) is 0 Å². The van der Waals surface area contributed by atoms with Gasteiger partial charge in [-0.25, -0.2) is 4.79 Å². The minimum absolute atomic E-state index is 0.262. The molecule has 0 fully saturated rings. The van der Waals surface area contributed by atoms with Gasteiger partial charge in [0, 0.05) is 0 Å². The van der Waals surface area contributed by atoms with Gasteiger partial charge >= 0.3 is 5.97 Å². The molecule has 39 heavy (non-hydrogen) atoms. The van der Waals surface area contributed by atoms with Crippen molar-refractivity contribution < 1.29 is 14.6 Å². The van der Waals surface area contributed by atoms with Crippen molar-refractivity contribution in [1.29, 1.82) is 0 Å². The molecule has 0 atom stereocenters. The number of hydrogen-bond acceptors (Lipinski definition) is 10. The first kappa shape index (κ1) is 34.0. The molecule has 11 heteroatoms. The summed E-state index contributed by atoms with van der Waals surface area (Å²) in [6.07, 6.45) is 12.0. The fourth-order valence-electron chi connectivity index (χ4n) is 3.41. The fraction of sp³-hybridized carbons (Fsp3) is 0.536. The van der Waals surface area contributed by atoms with Crippen LogP contribution in [0.4, 0.5) is 0 Å². The quantitative estimate of drug-likeness (QED) is 0.142. The second kappa shape index (κ2) is 19.7. The Balaban J connectivity index is 1.47. The molecule has 2 heterocycles. The molecule has 0 saturated heterocycles. The van der Waals surface area contributed by atoms with Crippen molar-refractivity contribution in [2.75, 3.05) is 30.1 Å². The average Bonchev–Trinajstić information content (AvgIpc) is 3.55. The monoisotopic (exact) mass is 678 g/mol. The minimum Gasteiger partial charge on any atom is -0.494 e. The lowest BCUT2D eigenvalue weighted by atomic mass is 10.2. The van der Waals surface area contributed by atoms with Crippen LogP contribution in [0.2, 0.25) is 0 Å². The van der Waals surface area contributed by atoms with Gasteiger partial charge in [0.15, 0.2) is 0 Å². The Kier molecular flexibility index (Phi) is 17.1. The average molecular weight is 679 g/mol. The van der Waals surface area contributed by atoms with Crippen molar-refractivity contribution >= 4 is 100 Å². The normalized spacial score (nSPS) is 15.7. The Bertz CT molecular complexity index is 1010. The Morgan fingerprint density at radius 2 is 1.28 bits per heavy atom. The summed E-state index contributed by atoms with van der Waals surface area (Å²) >= 11 is 15.9. The molecule has 0 radical (unpaired) electrons. The predicted octanol–water partition coefficient (Wildman–Crippen LogP) is 11.8. The van der Waals surface area contributed by atoms with Gasteiger partial charge < -0.3 is 9.84 Å². The standard InChI is InChI=1S/C28H38O3S8/c1-4-6-9-16-34-25-26(35-17-10-7-5-2)39-28(38-25)27-36-23(32-3)24(37-27)33-18-11-8-15-31-21-14-12-13-20(19-21)22(29)30/h12-14,19H,4-11,15-18H2,1-3H3,(H,29,30). The molecule has 0 amide bonds. The summed E-state index contributed by atoms with van der Waals surface area (Å²) in [7, 11) is 0. The molecule has 2 aliphatic heterocycles. The maximum Gasteiger partial charge on any atom is 0.335 e. The number of thioether (sulfide) groups is 8. The molecule has 0 spiro atoms. The first-order chi connectivity index (χ1) is 19.0. The van der Waals surface area contributed by atoms with Crippen molar-refractivity contribution in [3.63, 3.8) is 0 Å². The van der Waals surface area contributed by atoms with Crippen LogP contribution in [0, 0.1) is 0 Å². The third-order valence-electron chi connectivity index (χ3n) is 5.51. The van der Waals surface area contributed by atoms with E-state index in [1.165, 1.54) is 75.5 Å². The number of carbonyl (C=O) groups is 1. The van der Waals surface area contributed by atoms with Gasteiger partial charge in [-0.1, -0.05) is 92.6 Å². The van der Waals surface area contributed by atoms with Gasteiger partial charge in [-0.2, -0.15) is 0 Å². The van der Waals surface area contributed by atoms with Gasteiger partial charge in [0.25, 0.3) is 0 Å². The molecule has 0 unspecified atom stereocenters. The van der Waals surface area contributed by atoms with Crippen LogP contribution in [0.5, 0.6) is 5.75 Å². The van der Waals surface area contributed by atoms with Gasteiger partial charge in [-0.3, -0.25) is 0 Å². The molecule has 0 aromatic heterocycles. The lowest BCUT2D eigenvalue weighted by molar-refractivity contribution is 0.0696. The molecule has 3 rings (SSSR count). The molecule has 0 aliphatic carbocycles. The lowest BCUT2D eigenvalue weighted by Crippen LogP contribution is -2.00. The van der Waals surface area contributed by atoms with Gasteiger partial charge in [0.1, 0.15) is 5.75 Å². The van der Waals surface area contributed by atoms with Crippen molar-refractivity contribution in [2.45, 2.75) is 65.2 Å². The maximum atomic E-state index is 11.1. The molecule has 0 bridgehead atoms. The van der Waals surface area contributed by atoms with Gasteiger partial charge in [-0.15, -0.1) is 47.0 Å². The molecule has 3 nitrogen and oxygen atoms in total. The third-order valence-corrected chi connectivity index (χ3v) is 17.2. The van der Waals surface area contributed by atoms with E-state index in [1.54, 1.807) is 18.2 Å². The highest BCUT2D eigenvalue weighted by Crippen LogP contribution is 2.66. The lowest BCUT2D eigenvalue weighted by Gasteiger charge is -2.07. The van der Waals surface area contributed by atoms with E-state index in [2.05, 4.69) is 43.6 Å². The molecular formula is C28H38O3S8. The van der Waals surface area contributed by atoms with E-state index in [0.29, 0.717) is 12.4 Å². The van der Waals surface area contributed by atoms with E-state index < -0.39 is 5.97 Å². The van der Waals surface area contributed by atoms with E-state index in [-0.39, 0.29) is 5.56 Å². The maximum absolute atomic E-state index is 11.1. The predicted molar refractivity (Wildman–Crippen MR) is 190 cm³/mol. The van der Waals surface area contributed by atoms with Crippen LogP contribution >= 0.6 is 94.1 Å². The van der Waals surface area contributed by atoms with Gasteiger partial charge in [0.05, 0.1) is 37.6 Å². The minimum atomic E-state index is -0.926. The number of unbranched alkanes of at least 4 members (excludes halogenated alkanes) is 5. The van der Waals surface area contributed by atoms with E-state index in [4.69, 9.17) is 9.84 Å². The molecule has 1 aromatic carbocycles. The Labute approximate surface area is 268 Å². The topological polar surface area (TPSA) is 46.5 Å². The first-order valence-electron chi connectivity index (χ1n) is 13.4. The zero-order chi connectivity index (χ0) is 27.9. The van der Waals surface area contributed by atoms with Crippen molar-refractivity contribution in [2.24, 2.45) is 0 Å². The highest BCUT2D eigenvalue weighted by molar-refractivity contribution is 8.45. The largest absolute Gasteiger partial charge is 0.494 e. The van der Waals surface area contributed by atoms with Gasteiger partial charge in [-0.05, 0) is 67.4 Å². The SMILES string of the molecule is CCCCCSC1=C(SCCCCC)SC(=C2SC(SC)=C(SCCCCOc3cccc(C(=O)O)c3)S2)S1. The van der Waals surface area contributed by atoms with Crippen LogP contribution in [0.15, 0.2) is 49.7 Å². The Hall–Kier alpha value is 0.510. The summed E-state index contributed by atoms with van der Waals surface area (Å²) in [6.45, 7) is 5.16. The van der Waals surface area contributed by atoms with Crippen LogP contribution in [-0.4, -0.2) is 41.2 Å². The van der Waals surface area contributed by atoms with E-state index >= 15 is 0 Å². The van der Waals surface area contributed by atoms with Crippen LogP contribution < -0.4 is 4.74 Å². The second-order valence-corrected chi connectivity index (χ2v) is 18.5. The van der Waals surface area contributed by atoms with Crippen LogP contribution in [0.3, 0.4) is 0 Å². The van der Waals surface area contributed by atoms with Crippen LogP contribution in [-0.2, 0) is 0 Å². The number of ether oxygens (including phenoxy) is 1. The molecule has 1 N–H and O–H groups in total.